The van der Waals surface area contributed by atoms with E-state index in [9.17, 15) is 9.90 Å². The van der Waals surface area contributed by atoms with Crippen molar-refractivity contribution in [3.63, 3.8) is 0 Å². The van der Waals surface area contributed by atoms with Gasteiger partial charge in [-0.1, -0.05) is 98.3 Å². The predicted molar refractivity (Wildman–Crippen MR) is 136 cm³/mol. The molecule has 4 aromatic rings. The third-order valence-electron chi connectivity index (χ3n) is 5.45. The number of unbranched alkanes of at least 4 members (excludes halogenated alkanes) is 1. The predicted octanol–water partition coefficient (Wildman–Crippen LogP) is 4.83. The standard InChI is InChI=1S/C22H24P.C7H6O2/c1-2-3-19-23(20-13-7-4-8-14-20,21-15-9-5-10-16-21)22-17-11-6-12-18-22;8-7(9)6-4-2-1-3-5-6/h4-18H,2-3,19H2,1H3;1-5H,(H,8,9)/q+1;/p-1. The van der Waals surface area contributed by atoms with Crippen LogP contribution in [-0.2, 0) is 0 Å². The first-order valence-electron chi connectivity index (χ1n) is 11.0. The Morgan fingerprint density at radius 3 is 1.25 bits per heavy atom. The molecular weight excluding hydrogens is 411 g/mol. The summed E-state index contributed by atoms with van der Waals surface area (Å²) < 4.78 is 0. The number of benzene rings is 4. The number of aromatic carboxylic acids is 1. The number of carbonyl (C=O) groups excluding carboxylic acids is 1. The molecule has 0 aliphatic rings. The van der Waals surface area contributed by atoms with E-state index in [-0.39, 0.29) is 5.56 Å². The van der Waals surface area contributed by atoms with Gasteiger partial charge in [-0.25, -0.2) is 0 Å². The maximum atomic E-state index is 10.1. The van der Waals surface area contributed by atoms with Crippen LogP contribution in [0.5, 0.6) is 0 Å². The van der Waals surface area contributed by atoms with E-state index in [0.29, 0.717) is 0 Å². The molecule has 0 N–H and O–H groups in total. The molecule has 0 aromatic heterocycles. The van der Waals surface area contributed by atoms with Crippen LogP contribution in [0.4, 0.5) is 0 Å². The molecule has 4 rings (SSSR count). The zero-order chi connectivity index (χ0) is 22.7. The van der Waals surface area contributed by atoms with Crippen LogP contribution in [-0.4, -0.2) is 12.1 Å². The lowest BCUT2D eigenvalue weighted by molar-refractivity contribution is -0.255. The van der Waals surface area contributed by atoms with Crippen LogP contribution < -0.4 is 21.0 Å². The molecule has 0 unspecified atom stereocenters. The number of carbonyl (C=O) groups is 1. The number of hydrogen-bond acceptors (Lipinski definition) is 2. The van der Waals surface area contributed by atoms with Crippen molar-refractivity contribution < 1.29 is 9.90 Å². The largest absolute Gasteiger partial charge is 0.545 e. The average molecular weight is 441 g/mol. The Balaban J connectivity index is 0.000000269. The molecule has 0 saturated heterocycles. The van der Waals surface area contributed by atoms with E-state index in [2.05, 4.69) is 97.9 Å². The lowest BCUT2D eigenvalue weighted by atomic mass is 10.2. The van der Waals surface area contributed by atoms with Gasteiger partial charge in [-0.2, -0.15) is 0 Å². The molecule has 0 aliphatic carbocycles. The summed E-state index contributed by atoms with van der Waals surface area (Å²) in [5.74, 6) is -1.13. The summed E-state index contributed by atoms with van der Waals surface area (Å²) in [6.07, 6.45) is 3.72. The molecule has 0 atom stereocenters. The Kier molecular flexibility index (Phi) is 8.78. The molecule has 0 fully saturated rings. The highest BCUT2D eigenvalue weighted by molar-refractivity contribution is 7.95. The minimum absolute atomic E-state index is 0.220. The highest BCUT2D eigenvalue weighted by Crippen LogP contribution is 2.55. The van der Waals surface area contributed by atoms with Gasteiger partial charge >= 0.3 is 0 Å². The van der Waals surface area contributed by atoms with Crippen molar-refractivity contribution in [1.82, 2.24) is 0 Å². The van der Waals surface area contributed by atoms with Crippen molar-refractivity contribution in [1.29, 1.82) is 0 Å². The van der Waals surface area contributed by atoms with E-state index in [1.807, 2.05) is 0 Å². The smallest absolute Gasteiger partial charge is 0.112 e. The van der Waals surface area contributed by atoms with Gasteiger partial charge in [0.2, 0.25) is 0 Å². The molecule has 162 valence electrons. The van der Waals surface area contributed by atoms with Crippen molar-refractivity contribution in [2.45, 2.75) is 19.8 Å². The zero-order valence-electron chi connectivity index (χ0n) is 18.4. The Bertz CT molecular complexity index is 969. The third-order valence-corrected chi connectivity index (χ3v) is 9.97. The highest BCUT2D eigenvalue weighted by atomic mass is 31.2. The Hall–Kier alpha value is -3.22. The van der Waals surface area contributed by atoms with Crippen LogP contribution in [0.25, 0.3) is 0 Å². The van der Waals surface area contributed by atoms with E-state index in [1.165, 1.54) is 47.0 Å². The molecule has 0 aliphatic heterocycles. The maximum absolute atomic E-state index is 10.1. The Labute approximate surface area is 191 Å². The first-order chi connectivity index (χ1) is 15.7. The van der Waals surface area contributed by atoms with Crippen LogP contribution in [0.15, 0.2) is 121 Å². The molecule has 0 amide bonds. The van der Waals surface area contributed by atoms with Crippen LogP contribution in [0.1, 0.15) is 30.1 Å². The topological polar surface area (TPSA) is 40.1 Å². The SMILES string of the molecule is CCCC[P+](c1ccccc1)(c1ccccc1)c1ccccc1.O=C([O-])c1ccccc1. The van der Waals surface area contributed by atoms with Gasteiger partial charge in [-0.3, -0.25) is 0 Å². The monoisotopic (exact) mass is 440 g/mol. The maximum Gasteiger partial charge on any atom is 0.112 e. The van der Waals surface area contributed by atoms with Crippen molar-refractivity contribution in [2.24, 2.45) is 0 Å². The summed E-state index contributed by atoms with van der Waals surface area (Å²) in [5.41, 5.74) is 0.220. The fourth-order valence-corrected chi connectivity index (χ4v) is 8.35. The van der Waals surface area contributed by atoms with Gasteiger partial charge in [0.05, 0.1) is 12.1 Å². The quantitative estimate of drug-likeness (QED) is 0.386. The van der Waals surface area contributed by atoms with Gasteiger partial charge in [0.1, 0.15) is 23.2 Å². The lowest BCUT2D eigenvalue weighted by Gasteiger charge is -2.27. The summed E-state index contributed by atoms with van der Waals surface area (Å²) in [4.78, 5) is 10.1. The minimum atomic E-state index is -1.57. The fourth-order valence-electron chi connectivity index (χ4n) is 3.85. The van der Waals surface area contributed by atoms with Crippen LogP contribution >= 0.6 is 7.26 Å². The molecule has 0 bridgehead atoms. The summed E-state index contributed by atoms with van der Waals surface area (Å²) in [6.45, 7) is 2.29. The van der Waals surface area contributed by atoms with Crippen molar-refractivity contribution in [3.8, 4) is 0 Å². The summed E-state index contributed by atoms with van der Waals surface area (Å²) in [7, 11) is -1.57. The number of hydrogen-bond donors (Lipinski definition) is 0. The van der Waals surface area contributed by atoms with Crippen molar-refractivity contribution >= 4 is 29.1 Å². The van der Waals surface area contributed by atoms with Crippen molar-refractivity contribution in [3.05, 3.63) is 127 Å². The second kappa shape index (κ2) is 12.0. The van der Waals surface area contributed by atoms with Gasteiger partial charge < -0.3 is 9.90 Å². The minimum Gasteiger partial charge on any atom is -0.545 e. The number of carboxylic acid groups (broad SMARTS) is 1. The first-order valence-corrected chi connectivity index (χ1v) is 13.0. The first kappa shape index (κ1) is 23.4. The summed E-state index contributed by atoms with van der Waals surface area (Å²) in [5, 5.41) is 14.6. The van der Waals surface area contributed by atoms with Crippen LogP contribution in [0.2, 0.25) is 0 Å². The number of rotatable bonds is 7. The molecule has 32 heavy (non-hydrogen) atoms. The Morgan fingerprint density at radius 1 is 0.625 bits per heavy atom. The molecular formula is C29H29O2P. The highest BCUT2D eigenvalue weighted by Gasteiger charge is 2.44. The van der Waals surface area contributed by atoms with E-state index < -0.39 is 13.2 Å². The van der Waals surface area contributed by atoms with E-state index in [1.54, 1.807) is 18.2 Å². The Morgan fingerprint density at radius 2 is 0.969 bits per heavy atom. The molecule has 0 heterocycles. The normalized spacial score (nSPS) is 10.7. The second-order valence-corrected chi connectivity index (χ2v) is 11.2. The third kappa shape index (κ3) is 5.72. The zero-order valence-corrected chi connectivity index (χ0v) is 19.3. The molecule has 0 radical (unpaired) electrons. The van der Waals surface area contributed by atoms with Gasteiger partial charge in [0, 0.05) is 0 Å². The second-order valence-electron chi connectivity index (χ2n) is 7.55. The molecule has 3 heteroatoms. The lowest BCUT2D eigenvalue weighted by Crippen LogP contribution is -2.33. The van der Waals surface area contributed by atoms with E-state index >= 15 is 0 Å². The number of carboxylic acids is 1. The van der Waals surface area contributed by atoms with Gasteiger partial charge in [0.15, 0.2) is 0 Å². The van der Waals surface area contributed by atoms with Crippen molar-refractivity contribution in [2.75, 3.05) is 6.16 Å². The van der Waals surface area contributed by atoms with E-state index in [0.717, 1.165) is 0 Å². The molecule has 4 aromatic carbocycles. The van der Waals surface area contributed by atoms with Gasteiger partial charge in [-0.15, -0.1) is 0 Å². The van der Waals surface area contributed by atoms with Crippen LogP contribution in [0.3, 0.4) is 0 Å². The fraction of sp³-hybridized carbons (Fsp3) is 0.138. The van der Waals surface area contributed by atoms with E-state index in [4.69, 9.17) is 0 Å². The molecule has 0 saturated carbocycles. The van der Waals surface area contributed by atoms with Gasteiger partial charge in [0.25, 0.3) is 0 Å². The average Bonchev–Trinajstić information content (AvgIpc) is 2.87. The summed E-state index contributed by atoms with van der Waals surface area (Å²) in [6, 6.07) is 41.5. The molecule has 0 spiro atoms. The summed E-state index contributed by atoms with van der Waals surface area (Å²) >= 11 is 0. The van der Waals surface area contributed by atoms with Crippen LogP contribution in [0, 0.1) is 0 Å². The molecule has 2 nitrogen and oxygen atoms in total. The van der Waals surface area contributed by atoms with Gasteiger partial charge in [-0.05, 0) is 48.4 Å².